The summed E-state index contributed by atoms with van der Waals surface area (Å²) in [5.74, 6) is -0.380. The summed E-state index contributed by atoms with van der Waals surface area (Å²) in [6, 6.07) is 16.2. The molecule has 0 unspecified atom stereocenters. The monoisotopic (exact) mass is 389 g/mol. The number of nitrogens with zero attached hydrogens (tertiary/aromatic N) is 2. The summed E-state index contributed by atoms with van der Waals surface area (Å²) in [6.45, 7) is 4.97. The molecular formula is C23H23N3O3. The Bertz CT molecular complexity index is 1050. The van der Waals surface area contributed by atoms with Crippen LogP contribution in [0.5, 0.6) is 0 Å². The second-order valence-electron chi connectivity index (χ2n) is 7.34. The first-order valence-electron chi connectivity index (χ1n) is 9.72. The zero-order valence-electron chi connectivity index (χ0n) is 16.5. The highest BCUT2D eigenvalue weighted by Gasteiger charge is 2.28. The van der Waals surface area contributed by atoms with Gasteiger partial charge in [0.1, 0.15) is 0 Å². The highest BCUT2D eigenvalue weighted by atomic mass is 16.5. The lowest BCUT2D eigenvalue weighted by atomic mass is 10.1. The number of benzene rings is 2. The van der Waals surface area contributed by atoms with Crippen LogP contribution in [-0.2, 0) is 4.74 Å². The summed E-state index contributed by atoms with van der Waals surface area (Å²) in [5.41, 5.74) is 2.24. The Hall–Kier alpha value is -3.25. The van der Waals surface area contributed by atoms with Gasteiger partial charge in [-0.05, 0) is 44.2 Å². The molecule has 2 aromatic carbocycles. The van der Waals surface area contributed by atoms with Crippen molar-refractivity contribution < 1.29 is 14.3 Å². The Kier molecular flexibility index (Phi) is 5.27. The van der Waals surface area contributed by atoms with Gasteiger partial charge in [-0.2, -0.15) is 0 Å². The molecular weight excluding hydrogens is 366 g/mol. The van der Waals surface area contributed by atoms with Crippen LogP contribution in [0.3, 0.4) is 0 Å². The standard InChI is InChI=1S/C23H23N3O3/c1-15-13-26(14-16(2)29-15)23(28)19-7-3-4-10-21(19)25-22(27)18-8-5-11-20-17(18)9-6-12-24-20/h3-12,15-16H,13-14H2,1-2H3,(H,25,27)/t15-,16-/m1/s1. The second-order valence-corrected chi connectivity index (χ2v) is 7.34. The molecule has 1 N–H and O–H groups in total. The molecule has 2 atom stereocenters. The average molecular weight is 389 g/mol. The molecule has 0 spiro atoms. The third-order valence-corrected chi connectivity index (χ3v) is 5.00. The van der Waals surface area contributed by atoms with E-state index in [4.69, 9.17) is 4.74 Å². The first kappa shape index (κ1) is 19.1. The number of amides is 2. The Morgan fingerprint density at radius 2 is 1.69 bits per heavy atom. The quantitative estimate of drug-likeness (QED) is 0.741. The number of anilines is 1. The van der Waals surface area contributed by atoms with Crippen molar-refractivity contribution in [2.75, 3.05) is 18.4 Å². The van der Waals surface area contributed by atoms with E-state index in [-0.39, 0.29) is 24.0 Å². The van der Waals surface area contributed by atoms with Crippen molar-refractivity contribution >= 4 is 28.4 Å². The SMILES string of the molecule is C[C@@H]1CN(C(=O)c2ccccc2NC(=O)c2cccc3ncccc23)C[C@@H](C)O1. The lowest BCUT2D eigenvalue weighted by molar-refractivity contribution is -0.0585. The van der Waals surface area contributed by atoms with Crippen molar-refractivity contribution in [1.29, 1.82) is 0 Å². The molecule has 148 valence electrons. The molecule has 0 radical (unpaired) electrons. The van der Waals surface area contributed by atoms with Crippen LogP contribution in [0.25, 0.3) is 10.9 Å². The number of rotatable bonds is 3. The van der Waals surface area contributed by atoms with Crippen LogP contribution < -0.4 is 5.32 Å². The summed E-state index contributed by atoms with van der Waals surface area (Å²) in [5, 5.41) is 3.69. The van der Waals surface area contributed by atoms with Gasteiger partial charge in [-0.3, -0.25) is 14.6 Å². The maximum atomic E-state index is 13.2. The number of pyridine rings is 1. The summed E-state index contributed by atoms with van der Waals surface area (Å²) < 4.78 is 5.73. The first-order valence-corrected chi connectivity index (χ1v) is 9.72. The maximum Gasteiger partial charge on any atom is 0.256 e. The third kappa shape index (κ3) is 3.98. The number of morpholine rings is 1. The molecule has 0 saturated carbocycles. The molecule has 1 aromatic heterocycles. The summed E-state index contributed by atoms with van der Waals surface area (Å²) in [7, 11) is 0. The van der Waals surface area contributed by atoms with Crippen molar-refractivity contribution in [1.82, 2.24) is 9.88 Å². The van der Waals surface area contributed by atoms with Gasteiger partial charge in [-0.15, -0.1) is 0 Å². The van der Waals surface area contributed by atoms with Crippen LogP contribution in [0, 0.1) is 0 Å². The molecule has 1 fully saturated rings. The Morgan fingerprint density at radius 3 is 2.48 bits per heavy atom. The van der Waals surface area contributed by atoms with Gasteiger partial charge in [-0.1, -0.05) is 24.3 Å². The van der Waals surface area contributed by atoms with Crippen LogP contribution in [0.1, 0.15) is 34.6 Å². The largest absolute Gasteiger partial charge is 0.372 e. The van der Waals surface area contributed by atoms with Crippen LogP contribution in [-0.4, -0.2) is 47.0 Å². The van der Waals surface area contributed by atoms with Crippen LogP contribution in [0.2, 0.25) is 0 Å². The van der Waals surface area contributed by atoms with Crippen LogP contribution in [0.15, 0.2) is 60.8 Å². The van der Waals surface area contributed by atoms with Crippen molar-refractivity contribution in [2.45, 2.75) is 26.1 Å². The van der Waals surface area contributed by atoms with Gasteiger partial charge in [0, 0.05) is 30.2 Å². The Morgan fingerprint density at radius 1 is 0.966 bits per heavy atom. The van der Waals surface area contributed by atoms with Gasteiger partial charge in [0.15, 0.2) is 0 Å². The van der Waals surface area contributed by atoms with Crippen molar-refractivity contribution in [3.63, 3.8) is 0 Å². The summed E-state index contributed by atoms with van der Waals surface area (Å²) >= 11 is 0. The number of para-hydroxylation sites is 1. The highest BCUT2D eigenvalue weighted by Crippen LogP contribution is 2.23. The summed E-state index contributed by atoms with van der Waals surface area (Å²) in [4.78, 5) is 32.2. The number of carbonyl (C=O) groups is 2. The molecule has 29 heavy (non-hydrogen) atoms. The lowest BCUT2D eigenvalue weighted by Gasteiger charge is -2.35. The fraction of sp³-hybridized carbons (Fsp3) is 0.261. The highest BCUT2D eigenvalue weighted by molar-refractivity contribution is 6.14. The minimum Gasteiger partial charge on any atom is -0.372 e. The molecule has 0 aliphatic carbocycles. The van der Waals surface area contributed by atoms with E-state index in [2.05, 4.69) is 10.3 Å². The van der Waals surface area contributed by atoms with E-state index in [1.807, 2.05) is 32.0 Å². The summed E-state index contributed by atoms with van der Waals surface area (Å²) in [6.07, 6.45) is 1.66. The number of nitrogens with one attached hydrogen (secondary N) is 1. The number of carbonyl (C=O) groups excluding carboxylic acids is 2. The van der Waals surface area contributed by atoms with Crippen molar-refractivity contribution in [3.8, 4) is 0 Å². The molecule has 1 saturated heterocycles. The molecule has 1 aliphatic heterocycles. The van der Waals surface area contributed by atoms with Gasteiger partial charge < -0.3 is 15.0 Å². The fourth-order valence-corrected chi connectivity index (χ4v) is 3.78. The van der Waals surface area contributed by atoms with Gasteiger partial charge in [0.25, 0.3) is 11.8 Å². The molecule has 2 heterocycles. The fourth-order valence-electron chi connectivity index (χ4n) is 3.78. The second kappa shape index (κ2) is 8.01. The average Bonchev–Trinajstić information content (AvgIpc) is 2.72. The zero-order chi connectivity index (χ0) is 20.4. The van der Waals surface area contributed by atoms with Crippen molar-refractivity contribution in [3.05, 3.63) is 71.9 Å². The number of ether oxygens (including phenoxy) is 1. The predicted molar refractivity (Wildman–Crippen MR) is 112 cm³/mol. The number of hydrogen-bond acceptors (Lipinski definition) is 4. The minimum absolute atomic E-state index is 0.0207. The van der Waals surface area contributed by atoms with E-state index in [1.54, 1.807) is 47.5 Å². The lowest BCUT2D eigenvalue weighted by Crippen LogP contribution is -2.48. The molecule has 1 aliphatic rings. The maximum absolute atomic E-state index is 13.2. The van der Waals surface area contributed by atoms with E-state index in [1.165, 1.54) is 0 Å². The minimum atomic E-state index is -0.271. The van der Waals surface area contributed by atoms with Gasteiger partial charge in [0.2, 0.25) is 0 Å². The third-order valence-electron chi connectivity index (χ3n) is 5.00. The van der Waals surface area contributed by atoms with E-state index >= 15 is 0 Å². The van der Waals surface area contributed by atoms with Crippen LogP contribution >= 0.6 is 0 Å². The van der Waals surface area contributed by atoms with Gasteiger partial charge >= 0.3 is 0 Å². The number of fused-ring (bicyclic) bond motifs is 1. The van der Waals surface area contributed by atoms with Crippen molar-refractivity contribution in [2.24, 2.45) is 0 Å². The smallest absolute Gasteiger partial charge is 0.256 e. The molecule has 6 heteroatoms. The van der Waals surface area contributed by atoms with Gasteiger partial charge in [0.05, 0.1) is 29.0 Å². The molecule has 6 nitrogen and oxygen atoms in total. The van der Waals surface area contributed by atoms with Crippen LogP contribution in [0.4, 0.5) is 5.69 Å². The first-order chi connectivity index (χ1) is 14.0. The zero-order valence-corrected chi connectivity index (χ0v) is 16.5. The Balaban J connectivity index is 1.62. The topological polar surface area (TPSA) is 71.5 Å². The van der Waals surface area contributed by atoms with E-state index < -0.39 is 0 Å². The van der Waals surface area contributed by atoms with E-state index in [0.717, 1.165) is 10.9 Å². The predicted octanol–water partition coefficient (Wildman–Crippen LogP) is 3.74. The normalized spacial score (nSPS) is 19.2. The molecule has 4 rings (SSSR count). The number of aromatic nitrogens is 1. The molecule has 0 bridgehead atoms. The number of hydrogen-bond donors (Lipinski definition) is 1. The van der Waals surface area contributed by atoms with E-state index in [9.17, 15) is 9.59 Å². The molecule has 3 aromatic rings. The molecule has 2 amide bonds. The Labute approximate surface area is 169 Å². The van der Waals surface area contributed by atoms with Gasteiger partial charge in [-0.25, -0.2) is 0 Å². The van der Waals surface area contributed by atoms with E-state index in [0.29, 0.717) is 29.9 Å².